The Hall–Kier alpha value is -1.77. The van der Waals surface area contributed by atoms with Gasteiger partial charge in [0, 0.05) is 64.1 Å². The number of fused-ring (bicyclic) bond motifs is 1. The second-order valence-electron chi connectivity index (χ2n) is 8.03. The van der Waals surface area contributed by atoms with Crippen molar-refractivity contribution in [3.05, 3.63) is 17.6 Å². The van der Waals surface area contributed by atoms with Gasteiger partial charge in [-0.15, -0.1) is 5.10 Å². The molecule has 0 atom stereocenters. The van der Waals surface area contributed by atoms with E-state index >= 15 is 0 Å². The lowest BCUT2D eigenvalue weighted by Crippen LogP contribution is -2.46. The Balaban J connectivity index is 1.48. The first-order chi connectivity index (χ1) is 13.7. The second-order valence-corrected chi connectivity index (χ2v) is 8.03. The zero-order valence-electron chi connectivity index (χ0n) is 17.6. The molecule has 2 aromatic heterocycles. The molecule has 0 amide bonds. The van der Waals surface area contributed by atoms with Crippen molar-refractivity contribution in [3.8, 4) is 0 Å². The van der Waals surface area contributed by atoms with Crippen molar-refractivity contribution >= 4 is 11.6 Å². The molecule has 0 bridgehead atoms. The van der Waals surface area contributed by atoms with E-state index in [0.717, 1.165) is 88.6 Å². The topological polar surface area (TPSA) is 56.0 Å². The van der Waals surface area contributed by atoms with Gasteiger partial charge in [0.1, 0.15) is 5.82 Å². The number of hydrogen-bond acceptors (Lipinski definition) is 7. The molecule has 4 rings (SSSR count). The zero-order valence-corrected chi connectivity index (χ0v) is 17.6. The number of aryl methyl sites for hydroxylation is 1. The molecule has 8 nitrogen and oxygen atoms in total. The van der Waals surface area contributed by atoms with Gasteiger partial charge >= 0.3 is 0 Å². The number of nitrogens with zero attached hydrogens (tertiary/aromatic N) is 8. The van der Waals surface area contributed by atoms with Gasteiger partial charge < -0.3 is 14.7 Å². The van der Waals surface area contributed by atoms with E-state index in [9.17, 15) is 0 Å². The predicted molar refractivity (Wildman–Crippen MR) is 112 cm³/mol. The van der Waals surface area contributed by atoms with E-state index in [1.807, 2.05) is 11.4 Å². The fraction of sp³-hybridized carbons (Fsp3) is 0.750. The van der Waals surface area contributed by atoms with Crippen molar-refractivity contribution in [2.45, 2.75) is 33.7 Å². The minimum Gasteiger partial charge on any atom is -0.354 e. The fourth-order valence-electron chi connectivity index (χ4n) is 4.28. The molecule has 0 spiro atoms. The summed E-state index contributed by atoms with van der Waals surface area (Å²) in [6.45, 7) is 18.4. The molecular weight excluding hydrogens is 352 g/mol. The van der Waals surface area contributed by atoms with Crippen LogP contribution in [-0.4, -0.2) is 99.7 Å². The highest BCUT2D eigenvalue weighted by atomic mass is 15.4. The van der Waals surface area contributed by atoms with Gasteiger partial charge in [-0.05, 0) is 26.4 Å². The molecule has 4 heterocycles. The number of piperazine rings is 2. The summed E-state index contributed by atoms with van der Waals surface area (Å²) < 4.78 is 1.96. The molecule has 2 aromatic rings. The van der Waals surface area contributed by atoms with Crippen LogP contribution in [0.1, 0.15) is 31.8 Å². The molecule has 2 aliphatic rings. The Bertz CT molecular complexity index is 772. The van der Waals surface area contributed by atoms with Crippen LogP contribution in [0.5, 0.6) is 0 Å². The van der Waals surface area contributed by atoms with Crippen LogP contribution in [0.3, 0.4) is 0 Å². The smallest absolute Gasteiger partial charge is 0.254 e. The van der Waals surface area contributed by atoms with Gasteiger partial charge in [-0.1, -0.05) is 13.8 Å². The summed E-state index contributed by atoms with van der Waals surface area (Å²) >= 11 is 0. The Labute approximate surface area is 168 Å². The standard InChI is InChI=1S/C20H34N8/c1-4-6-25-7-9-26(10-8-25)16-18-22-20-21-17(3)15-19(28(20)23-18)27-13-11-24(5-2)12-14-27/h15H,4-14,16H2,1-3H3. The quantitative estimate of drug-likeness (QED) is 0.737. The molecular formula is C20H34N8. The van der Waals surface area contributed by atoms with E-state index in [2.05, 4.69) is 44.5 Å². The summed E-state index contributed by atoms with van der Waals surface area (Å²) in [5.41, 5.74) is 1.01. The van der Waals surface area contributed by atoms with E-state index in [4.69, 9.17) is 10.1 Å². The maximum absolute atomic E-state index is 4.85. The summed E-state index contributed by atoms with van der Waals surface area (Å²) in [6.07, 6.45) is 1.23. The molecule has 154 valence electrons. The first-order valence-corrected chi connectivity index (χ1v) is 10.8. The van der Waals surface area contributed by atoms with Crippen LogP contribution in [0.4, 0.5) is 5.82 Å². The lowest BCUT2D eigenvalue weighted by molar-refractivity contribution is 0.125. The molecule has 8 heteroatoms. The maximum Gasteiger partial charge on any atom is 0.254 e. The SMILES string of the molecule is CCCN1CCN(Cc2nc3nc(C)cc(N4CCN(CC)CC4)n3n2)CC1. The Morgan fingerprint density at radius 2 is 1.54 bits per heavy atom. The van der Waals surface area contributed by atoms with E-state index in [1.54, 1.807) is 0 Å². The Morgan fingerprint density at radius 1 is 0.857 bits per heavy atom. The van der Waals surface area contributed by atoms with Crippen molar-refractivity contribution in [3.63, 3.8) is 0 Å². The van der Waals surface area contributed by atoms with E-state index < -0.39 is 0 Å². The van der Waals surface area contributed by atoms with Crippen LogP contribution in [0.25, 0.3) is 5.78 Å². The average Bonchev–Trinajstić information content (AvgIpc) is 3.11. The maximum atomic E-state index is 4.85. The van der Waals surface area contributed by atoms with E-state index in [-0.39, 0.29) is 0 Å². The third-order valence-corrected chi connectivity index (χ3v) is 5.98. The minimum atomic E-state index is 0.729. The van der Waals surface area contributed by atoms with Crippen LogP contribution in [-0.2, 0) is 6.54 Å². The van der Waals surface area contributed by atoms with Crippen LogP contribution >= 0.6 is 0 Å². The van der Waals surface area contributed by atoms with Crippen LogP contribution in [0, 0.1) is 6.92 Å². The molecule has 28 heavy (non-hydrogen) atoms. The third kappa shape index (κ3) is 4.29. The molecule has 0 aromatic carbocycles. The number of rotatable bonds is 6. The summed E-state index contributed by atoms with van der Waals surface area (Å²) in [6, 6.07) is 2.15. The first-order valence-electron chi connectivity index (χ1n) is 10.8. The monoisotopic (exact) mass is 386 g/mol. The molecule has 0 saturated carbocycles. The van der Waals surface area contributed by atoms with E-state index in [1.165, 1.54) is 13.0 Å². The normalized spacial score (nSPS) is 20.3. The van der Waals surface area contributed by atoms with Gasteiger partial charge in [-0.25, -0.2) is 4.98 Å². The zero-order chi connectivity index (χ0) is 19.5. The second kappa shape index (κ2) is 8.71. The molecule has 2 saturated heterocycles. The van der Waals surface area contributed by atoms with E-state index in [0.29, 0.717) is 0 Å². The third-order valence-electron chi connectivity index (χ3n) is 5.98. The van der Waals surface area contributed by atoms with Crippen molar-refractivity contribution in [2.75, 3.05) is 70.3 Å². The largest absolute Gasteiger partial charge is 0.354 e. The van der Waals surface area contributed by atoms with Crippen LogP contribution in [0.2, 0.25) is 0 Å². The van der Waals surface area contributed by atoms with Gasteiger partial charge in [0.25, 0.3) is 5.78 Å². The van der Waals surface area contributed by atoms with Gasteiger partial charge in [0.15, 0.2) is 5.82 Å². The van der Waals surface area contributed by atoms with Crippen molar-refractivity contribution in [1.82, 2.24) is 34.3 Å². The Morgan fingerprint density at radius 3 is 2.21 bits per heavy atom. The number of hydrogen-bond donors (Lipinski definition) is 0. The van der Waals surface area contributed by atoms with Gasteiger partial charge in [0.2, 0.25) is 0 Å². The highest BCUT2D eigenvalue weighted by Crippen LogP contribution is 2.19. The first kappa shape index (κ1) is 19.5. The Kier molecular flexibility index (Phi) is 6.08. The van der Waals surface area contributed by atoms with Crippen LogP contribution < -0.4 is 4.90 Å². The average molecular weight is 387 g/mol. The van der Waals surface area contributed by atoms with Crippen molar-refractivity contribution in [1.29, 1.82) is 0 Å². The summed E-state index contributed by atoms with van der Waals surface area (Å²) in [7, 11) is 0. The lowest BCUT2D eigenvalue weighted by Gasteiger charge is -2.35. The van der Waals surface area contributed by atoms with Gasteiger partial charge in [-0.2, -0.15) is 9.50 Å². The highest BCUT2D eigenvalue weighted by molar-refractivity contribution is 5.48. The molecule has 0 radical (unpaired) electrons. The van der Waals surface area contributed by atoms with Gasteiger partial charge in [0.05, 0.1) is 6.54 Å². The molecule has 0 N–H and O–H groups in total. The molecule has 0 aliphatic carbocycles. The number of likely N-dealkylation sites (N-methyl/N-ethyl adjacent to an activating group) is 1. The van der Waals surface area contributed by atoms with Crippen molar-refractivity contribution < 1.29 is 0 Å². The molecule has 2 aliphatic heterocycles. The molecule has 0 unspecified atom stereocenters. The molecule has 2 fully saturated rings. The van der Waals surface area contributed by atoms with Crippen molar-refractivity contribution in [2.24, 2.45) is 0 Å². The minimum absolute atomic E-state index is 0.729. The number of aromatic nitrogens is 4. The summed E-state index contributed by atoms with van der Waals surface area (Å²) in [5.74, 6) is 2.74. The summed E-state index contributed by atoms with van der Waals surface area (Å²) in [5, 5.41) is 4.85. The highest BCUT2D eigenvalue weighted by Gasteiger charge is 2.22. The predicted octanol–water partition coefficient (Wildman–Crippen LogP) is 1.10. The van der Waals surface area contributed by atoms with Crippen LogP contribution in [0.15, 0.2) is 6.07 Å². The van der Waals surface area contributed by atoms with Gasteiger partial charge in [-0.3, -0.25) is 4.90 Å². The number of anilines is 1. The summed E-state index contributed by atoms with van der Waals surface area (Å²) in [4.78, 5) is 19.3. The lowest BCUT2D eigenvalue weighted by atomic mass is 10.3. The fourth-order valence-corrected chi connectivity index (χ4v) is 4.28.